The van der Waals surface area contributed by atoms with Gasteiger partial charge in [-0.3, -0.25) is 14.5 Å². The Hall–Kier alpha value is -3.89. The molecule has 198 valence electrons. The molecular weight excluding hydrogens is 550 g/mol. The number of halogens is 5. The van der Waals surface area contributed by atoms with Crippen LogP contribution in [0.2, 0.25) is 10.0 Å². The first-order chi connectivity index (χ1) is 17.9. The molecule has 1 amide bonds. The molecule has 4 rings (SSSR count). The molecule has 0 bridgehead atoms. The van der Waals surface area contributed by atoms with E-state index in [1.54, 1.807) is 24.3 Å². The van der Waals surface area contributed by atoms with E-state index in [0.29, 0.717) is 11.3 Å². The molecule has 1 aliphatic heterocycles. The Morgan fingerprint density at radius 2 is 1.45 bits per heavy atom. The summed E-state index contributed by atoms with van der Waals surface area (Å²) >= 11 is 12.4. The number of hydrogen-bond donors (Lipinski definition) is 1. The van der Waals surface area contributed by atoms with E-state index >= 15 is 0 Å². The highest BCUT2D eigenvalue weighted by molar-refractivity contribution is 6.51. The molecule has 7 nitrogen and oxygen atoms in total. The second-order valence-electron chi connectivity index (χ2n) is 7.96. The smallest absolute Gasteiger partial charge is 0.507 e. The normalized spacial score (nSPS) is 17.0. The molecule has 0 saturated carbocycles. The first-order valence-electron chi connectivity index (χ1n) is 10.8. The number of anilines is 1. The van der Waals surface area contributed by atoms with Gasteiger partial charge in [-0.25, -0.2) is 0 Å². The highest BCUT2D eigenvalue weighted by Gasteiger charge is 2.47. The number of aliphatic hydroxyl groups is 1. The molecule has 0 spiro atoms. The Bertz CT molecular complexity index is 1400. The quantitative estimate of drug-likeness (QED) is 0.207. The van der Waals surface area contributed by atoms with Gasteiger partial charge >= 0.3 is 6.36 Å². The number of nitrogens with zero attached hydrogens (tertiary/aromatic N) is 1. The van der Waals surface area contributed by atoms with Crippen molar-refractivity contribution in [2.45, 2.75) is 12.4 Å². The minimum Gasteiger partial charge on any atom is -0.507 e. The van der Waals surface area contributed by atoms with Gasteiger partial charge in [0, 0.05) is 11.3 Å². The third kappa shape index (κ3) is 5.23. The molecular formula is C26H18Cl2F3NO6. The summed E-state index contributed by atoms with van der Waals surface area (Å²) < 4.78 is 52.0. The fraction of sp³-hybridized carbons (Fsp3) is 0.154. The topological polar surface area (TPSA) is 85.3 Å². The zero-order valence-corrected chi connectivity index (χ0v) is 21.2. The van der Waals surface area contributed by atoms with Gasteiger partial charge in [0.05, 0.1) is 35.9 Å². The third-order valence-electron chi connectivity index (χ3n) is 5.70. The number of carbonyl (C=O) groups excluding carboxylic acids is 2. The van der Waals surface area contributed by atoms with Crippen LogP contribution in [0.3, 0.4) is 0 Å². The van der Waals surface area contributed by atoms with Crippen LogP contribution < -0.4 is 19.1 Å². The summed E-state index contributed by atoms with van der Waals surface area (Å²) in [6.07, 6.45) is -4.91. The lowest BCUT2D eigenvalue weighted by Crippen LogP contribution is -2.29. The van der Waals surface area contributed by atoms with E-state index in [1.807, 2.05) is 0 Å². The zero-order chi connectivity index (χ0) is 27.8. The summed E-state index contributed by atoms with van der Waals surface area (Å²) in [6, 6.07) is 12.3. The number of ether oxygens (including phenoxy) is 3. The molecule has 1 unspecified atom stereocenters. The van der Waals surface area contributed by atoms with Crippen LogP contribution >= 0.6 is 23.2 Å². The molecule has 0 aliphatic carbocycles. The van der Waals surface area contributed by atoms with Gasteiger partial charge in [0.1, 0.15) is 17.3 Å². The number of ketones is 1. The largest absolute Gasteiger partial charge is 0.573 e. The molecule has 38 heavy (non-hydrogen) atoms. The van der Waals surface area contributed by atoms with Crippen LogP contribution in [0.5, 0.6) is 17.2 Å². The maximum absolute atomic E-state index is 13.3. The van der Waals surface area contributed by atoms with Crippen molar-refractivity contribution in [1.29, 1.82) is 0 Å². The van der Waals surface area contributed by atoms with E-state index in [2.05, 4.69) is 4.74 Å². The van der Waals surface area contributed by atoms with E-state index in [4.69, 9.17) is 32.7 Å². The van der Waals surface area contributed by atoms with E-state index in [-0.39, 0.29) is 32.6 Å². The van der Waals surface area contributed by atoms with Gasteiger partial charge in [-0.05, 0) is 54.1 Å². The van der Waals surface area contributed by atoms with Crippen molar-refractivity contribution in [1.82, 2.24) is 0 Å². The molecule has 1 heterocycles. The van der Waals surface area contributed by atoms with Gasteiger partial charge in [0.25, 0.3) is 11.7 Å². The minimum absolute atomic E-state index is 0.0474. The number of aliphatic hydroxyl groups excluding tert-OH is 1. The van der Waals surface area contributed by atoms with Crippen molar-refractivity contribution in [3.05, 3.63) is 87.4 Å². The zero-order valence-electron chi connectivity index (χ0n) is 19.7. The van der Waals surface area contributed by atoms with Crippen LogP contribution in [0.4, 0.5) is 18.9 Å². The highest BCUT2D eigenvalue weighted by Crippen LogP contribution is 2.44. The lowest BCUT2D eigenvalue weighted by Gasteiger charge is -2.26. The summed E-state index contributed by atoms with van der Waals surface area (Å²) in [5.74, 6) is -2.47. The predicted octanol–water partition coefficient (Wildman–Crippen LogP) is 6.54. The standard InChI is InChI=1S/C26H18Cl2F3NO6/c1-36-16-7-3-13(4-8-16)21-20(22(33)14-11-18(27)24(37-2)19(28)12-14)23(34)25(35)32(21)15-5-9-17(10-6-15)38-26(29,30)31/h3-12,21,33H,1-2H3/b22-20+. The summed E-state index contributed by atoms with van der Waals surface area (Å²) in [6.45, 7) is 0. The van der Waals surface area contributed by atoms with Crippen molar-refractivity contribution >= 4 is 46.3 Å². The molecule has 1 N–H and O–H groups in total. The van der Waals surface area contributed by atoms with Crippen molar-refractivity contribution in [2.24, 2.45) is 0 Å². The second-order valence-corrected chi connectivity index (χ2v) is 8.77. The lowest BCUT2D eigenvalue weighted by atomic mass is 9.95. The van der Waals surface area contributed by atoms with Crippen LogP contribution in [-0.4, -0.2) is 37.4 Å². The molecule has 0 radical (unpaired) electrons. The number of hydrogen-bond acceptors (Lipinski definition) is 6. The van der Waals surface area contributed by atoms with Gasteiger partial charge in [-0.1, -0.05) is 35.3 Å². The number of Topliss-reactive ketones (excluding diaryl/α,β-unsaturated/α-hetero) is 1. The van der Waals surface area contributed by atoms with E-state index < -0.39 is 35.6 Å². The number of amides is 1. The number of methoxy groups -OCH3 is 2. The maximum atomic E-state index is 13.3. The Balaban J connectivity index is 1.88. The molecule has 0 aromatic heterocycles. The molecule has 1 fully saturated rings. The van der Waals surface area contributed by atoms with Gasteiger partial charge in [-0.15, -0.1) is 13.2 Å². The molecule has 1 aliphatic rings. The van der Waals surface area contributed by atoms with Crippen molar-refractivity contribution in [3.63, 3.8) is 0 Å². The van der Waals surface area contributed by atoms with Crippen LogP contribution in [0.1, 0.15) is 17.2 Å². The summed E-state index contributed by atoms with van der Waals surface area (Å²) in [7, 11) is 2.82. The van der Waals surface area contributed by atoms with E-state index in [0.717, 1.165) is 17.0 Å². The molecule has 12 heteroatoms. The van der Waals surface area contributed by atoms with E-state index in [1.165, 1.54) is 38.5 Å². The Kier molecular flexibility index (Phi) is 7.48. The average molecular weight is 568 g/mol. The van der Waals surface area contributed by atoms with Gasteiger partial charge in [-0.2, -0.15) is 0 Å². The van der Waals surface area contributed by atoms with Crippen LogP contribution in [0, 0.1) is 0 Å². The van der Waals surface area contributed by atoms with Crippen molar-refractivity contribution in [2.75, 3.05) is 19.1 Å². The Morgan fingerprint density at radius 3 is 1.95 bits per heavy atom. The van der Waals surface area contributed by atoms with E-state index in [9.17, 15) is 27.9 Å². The van der Waals surface area contributed by atoms with Crippen LogP contribution in [0.15, 0.2) is 66.2 Å². The first kappa shape index (κ1) is 27.2. The number of alkyl halides is 3. The Morgan fingerprint density at radius 1 is 0.895 bits per heavy atom. The van der Waals surface area contributed by atoms with Crippen molar-refractivity contribution < 1.29 is 42.1 Å². The molecule has 1 saturated heterocycles. The predicted molar refractivity (Wildman–Crippen MR) is 134 cm³/mol. The average Bonchev–Trinajstić information content (AvgIpc) is 3.13. The third-order valence-corrected chi connectivity index (χ3v) is 6.26. The summed E-state index contributed by atoms with van der Waals surface area (Å²) in [4.78, 5) is 27.6. The number of rotatable bonds is 6. The Labute approximate surface area is 224 Å². The lowest BCUT2D eigenvalue weighted by molar-refractivity contribution is -0.274. The minimum atomic E-state index is -4.91. The fourth-order valence-corrected chi connectivity index (χ4v) is 4.70. The van der Waals surface area contributed by atoms with Gasteiger partial charge in [0.15, 0.2) is 5.75 Å². The van der Waals surface area contributed by atoms with Gasteiger partial charge in [0.2, 0.25) is 0 Å². The monoisotopic (exact) mass is 567 g/mol. The molecule has 3 aromatic rings. The van der Waals surface area contributed by atoms with Crippen LogP contribution in [-0.2, 0) is 9.59 Å². The summed E-state index contributed by atoms with van der Waals surface area (Å²) in [5, 5.41) is 11.3. The van der Waals surface area contributed by atoms with Gasteiger partial charge < -0.3 is 19.3 Å². The molecule has 3 aromatic carbocycles. The second kappa shape index (κ2) is 10.5. The number of benzene rings is 3. The first-order valence-corrected chi connectivity index (χ1v) is 11.5. The number of carbonyl (C=O) groups is 2. The fourth-order valence-electron chi connectivity index (χ4n) is 4.06. The SMILES string of the molecule is COc1ccc(C2/C(=C(\O)c3cc(Cl)c(OC)c(Cl)c3)C(=O)C(=O)N2c2ccc(OC(F)(F)F)cc2)cc1. The summed E-state index contributed by atoms with van der Waals surface area (Å²) in [5.41, 5.74) is 0.263. The molecule has 1 atom stereocenters. The van der Waals surface area contributed by atoms with Crippen molar-refractivity contribution in [3.8, 4) is 17.2 Å². The highest BCUT2D eigenvalue weighted by atomic mass is 35.5. The maximum Gasteiger partial charge on any atom is 0.573 e. The van der Waals surface area contributed by atoms with Crippen LogP contribution in [0.25, 0.3) is 5.76 Å².